The van der Waals surface area contributed by atoms with Gasteiger partial charge in [-0.25, -0.2) is 0 Å². The van der Waals surface area contributed by atoms with E-state index in [9.17, 15) is 0 Å². The van der Waals surface area contributed by atoms with Crippen LogP contribution in [-0.2, 0) is 0 Å². The Morgan fingerprint density at radius 2 is 2.70 bits per heavy atom. The highest BCUT2D eigenvalue weighted by Crippen LogP contribution is 2.19. The normalized spacial score (nSPS) is 25.4. The van der Waals surface area contributed by atoms with Gasteiger partial charge in [0.2, 0.25) is 12.3 Å². The van der Waals surface area contributed by atoms with Crippen LogP contribution in [0.15, 0.2) is 10.8 Å². The lowest BCUT2D eigenvalue weighted by molar-refractivity contribution is 0.429. The monoisotopic (exact) mass is 139 g/mol. The molecule has 1 N–H and O–H groups in total. The molecular formula is C6H9N3O. The average molecular weight is 139 g/mol. The van der Waals surface area contributed by atoms with Crippen molar-refractivity contribution in [3.8, 4) is 0 Å². The van der Waals surface area contributed by atoms with E-state index in [1.807, 2.05) is 0 Å². The van der Waals surface area contributed by atoms with Crippen LogP contribution in [0.2, 0.25) is 0 Å². The summed E-state index contributed by atoms with van der Waals surface area (Å²) in [5.74, 6) is 0.720. The van der Waals surface area contributed by atoms with E-state index in [-0.39, 0.29) is 0 Å². The highest BCUT2D eigenvalue weighted by Gasteiger charge is 2.19. The van der Waals surface area contributed by atoms with Crippen molar-refractivity contribution in [1.29, 1.82) is 0 Å². The fraction of sp³-hybridized carbons (Fsp3) is 0.667. The predicted octanol–water partition coefficient (Wildman–Crippen LogP) is 0.494. The van der Waals surface area contributed by atoms with Gasteiger partial charge in [0.05, 0.1) is 6.04 Å². The summed E-state index contributed by atoms with van der Waals surface area (Å²) in [5, 5.41) is 10.7. The van der Waals surface area contributed by atoms with Crippen LogP contribution in [0.3, 0.4) is 0 Å². The van der Waals surface area contributed by atoms with E-state index in [2.05, 4.69) is 15.5 Å². The summed E-state index contributed by atoms with van der Waals surface area (Å²) >= 11 is 0. The van der Waals surface area contributed by atoms with Crippen molar-refractivity contribution in [3.63, 3.8) is 0 Å². The maximum atomic E-state index is 5.03. The molecule has 0 aromatic carbocycles. The summed E-state index contributed by atoms with van der Waals surface area (Å²) in [4.78, 5) is 0. The molecule has 0 aliphatic carbocycles. The Hall–Kier alpha value is -0.900. The smallest absolute Gasteiger partial charge is 0.233 e. The highest BCUT2D eigenvalue weighted by atomic mass is 16.4. The standard InChI is InChI=1S/C6H9N3O/c1-2-5(7-3-1)6-9-8-4-10-6/h4-5,7H,1-3H2. The van der Waals surface area contributed by atoms with E-state index in [4.69, 9.17) is 4.42 Å². The Bertz CT molecular complexity index is 191. The molecular weight excluding hydrogens is 130 g/mol. The zero-order valence-corrected chi connectivity index (χ0v) is 5.58. The van der Waals surface area contributed by atoms with Gasteiger partial charge in [0.15, 0.2) is 0 Å². The Labute approximate surface area is 58.6 Å². The lowest BCUT2D eigenvalue weighted by Crippen LogP contribution is -2.12. The SMILES string of the molecule is c1nnc(C2CCCN2)o1. The molecule has 1 atom stereocenters. The molecule has 0 amide bonds. The molecule has 0 spiro atoms. The predicted molar refractivity (Wildman–Crippen MR) is 34.3 cm³/mol. The van der Waals surface area contributed by atoms with Gasteiger partial charge in [0, 0.05) is 0 Å². The molecule has 0 radical (unpaired) electrons. The van der Waals surface area contributed by atoms with Crippen LogP contribution >= 0.6 is 0 Å². The van der Waals surface area contributed by atoms with Gasteiger partial charge in [-0.15, -0.1) is 10.2 Å². The van der Waals surface area contributed by atoms with E-state index in [0.717, 1.165) is 18.9 Å². The van der Waals surface area contributed by atoms with Crippen LogP contribution in [0.4, 0.5) is 0 Å². The number of hydrogen-bond acceptors (Lipinski definition) is 4. The van der Waals surface area contributed by atoms with Gasteiger partial charge >= 0.3 is 0 Å². The van der Waals surface area contributed by atoms with Gasteiger partial charge in [-0.05, 0) is 19.4 Å². The molecule has 1 aliphatic heterocycles. The van der Waals surface area contributed by atoms with E-state index in [1.54, 1.807) is 0 Å². The zero-order valence-electron chi connectivity index (χ0n) is 5.58. The molecule has 2 rings (SSSR count). The topological polar surface area (TPSA) is 51.0 Å². The van der Waals surface area contributed by atoms with Gasteiger partial charge in [-0.1, -0.05) is 0 Å². The molecule has 10 heavy (non-hydrogen) atoms. The lowest BCUT2D eigenvalue weighted by atomic mass is 10.2. The molecule has 1 unspecified atom stereocenters. The minimum Gasteiger partial charge on any atom is -0.426 e. The Morgan fingerprint density at radius 3 is 3.30 bits per heavy atom. The van der Waals surface area contributed by atoms with Gasteiger partial charge < -0.3 is 9.73 Å². The molecule has 54 valence electrons. The molecule has 2 heterocycles. The van der Waals surface area contributed by atoms with Gasteiger partial charge in [0.1, 0.15) is 0 Å². The first kappa shape index (κ1) is 5.85. The number of hydrogen-bond donors (Lipinski definition) is 1. The molecule has 1 aliphatic rings. The summed E-state index contributed by atoms with van der Waals surface area (Å²) in [5.41, 5.74) is 0. The minimum absolute atomic E-state index is 0.308. The summed E-state index contributed by atoms with van der Waals surface area (Å²) in [7, 11) is 0. The van der Waals surface area contributed by atoms with E-state index in [1.165, 1.54) is 12.8 Å². The summed E-state index contributed by atoms with van der Waals surface area (Å²) in [6, 6.07) is 0.308. The van der Waals surface area contributed by atoms with Crippen molar-refractivity contribution >= 4 is 0 Å². The quantitative estimate of drug-likeness (QED) is 0.615. The van der Waals surface area contributed by atoms with Crippen molar-refractivity contribution in [3.05, 3.63) is 12.3 Å². The zero-order chi connectivity index (χ0) is 6.81. The van der Waals surface area contributed by atoms with E-state index < -0.39 is 0 Å². The molecule has 4 heteroatoms. The van der Waals surface area contributed by atoms with Crippen LogP contribution in [-0.4, -0.2) is 16.7 Å². The molecule has 1 fully saturated rings. The third kappa shape index (κ3) is 0.903. The Morgan fingerprint density at radius 1 is 1.70 bits per heavy atom. The minimum atomic E-state index is 0.308. The van der Waals surface area contributed by atoms with Crippen molar-refractivity contribution in [1.82, 2.24) is 15.5 Å². The molecule has 0 bridgehead atoms. The average Bonchev–Trinajstić information content (AvgIpc) is 2.59. The maximum absolute atomic E-state index is 5.03. The first-order valence-corrected chi connectivity index (χ1v) is 3.46. The van der Waals surface area contributed by atoms with Gasteiger partial charge in [-0.3, -0.25) is 0 Å². The van der Waals surface area contributed by atoms with Gasteiger partial charge in [0.25, 0.3) is 0 Å². The Balaban J connectivity index is 2.12. The van der Waals surface area contributed by atoms with Crippen LogP contribution in [0.25, 0.3) is 0 Å². The fourth-order valence-corrected chi connectivity index (χ4v) is 1.23. The third-order valence-electron chi connectivity index (χ3n) is 1.74. The molecule has 4 nitrogen and oxygen atoms in total. The van der Waals surface area contributed by atoms with Crippen LogP contribution < -0.4 is 5.32 Å². The number of nitrogens with one attached hydrogen (secondary N) is 1. The highest BCUT2D eigenvalue weighted by molar-refractivity contribution is 4.89. The molecule has 1 aromatic heterocycles. The summed E-state index contributed by atoms with van der Waals surface area (Å²) in [6.45, 7) is 1.06. The number of nitrogens with zero attached hydrogens (tertiary/aromatic N) is 2. The van der Waals surface area contributed by atoms with Gasteiger partial charge in [-0.2, -0.15) is 0 Å². The second-order valence-corrected chi connectivity index (χ2v) is 2.43. The van der Waals surface area contributed by atoms with Crippen LogP contribution in [0.1, 0.15) is 24.8 Å². The fourth-order valence-electron chi connectivity index (χ4n) is 1.23. The lowest BCUT2D eigenvalue weighted by Gasteiger charge is -2.01. The largest absolute Gasteiger partial charge is 0.426 e. The first-order chi connectivity index (χ1) is 4.97. The number of rotatable bonds is 1. The second kappa shape index (κ2) is 2.38. The molecule has 1 saturated heterocycles. The van der Waals surface area contributed by atoms with Crippen molar-refractivity contribution in [2.75, 3.05) is 6.54 Å². The first-order valence-electron chi connectivity index (χ1n) is 3.46. The second-order valence-electron chi connectivity index (χ2n) is 2.43. The summed E-state index contributed by atoms with van der Waals surface area (Å²) < 4.78 is 5.03. The van der Waals surface area contributed by atoms with Crippen LogP contribution in [0.5, 0.6) is 0 Å². The molecule has 0 saturated carbocycles. The van der Waals surface area contributed by atoms with Crippen molar-refractivity contribution in [2.45, 2.75) is 18.9 Å². The van der Waals surface area contributed by atoms with E-state index in [0.29, 0.717) is 6.04 Å². The van der Waals surface area contributed by atoms with Crippen molar-refractivity contribution in [2.24, 2.45) is 0 Å². The maximum Gasteiger partial charge on any atom is 0.233 e. The van der Waals surface area contributed by atoms with Crippen molar-refractivity contribution < 1.29 is 4.42 Å². The molecule has 1 aromatic rings. The van der Waals surface area contributed by atoms with E-state index >= 15 is 0 Å². The third-order valence-corrected chi connectivity index (χ3v) is 1.74. The van der Waals surface area contributed by atoms with Crippen LogP contribution in [0, 0.1) is 0 Å². The Kier molecular flexibility index (Phi) is 1.39. The number of aromatic nitrogens is 2. The summed E-state index contributed by atoms with van der Waals surface area (Å²) in [6.07, 6.45) is 3.69.